The number of sulfonamides is 1. The summed E-state index contributed by atoms with van der Waals surface area (Å²) in [5, 5.41) is 2.61. The lowest BCUT2D eigenvalue weighted by atomic mass is 9.99. The number of hydrogen-bond donors (Lipinski definition) is 2. The van der Waals surface area contributed by atoms with Gasteiger partial charge in [0.2, 0.25) is 5.91 Å². The number of nitrogens with zero attached hydrogens (tertiary/aromatic N) is 1. The molecule has 0 saturated carbocycles. The van der Waals surface area contributed by atoms with Crippen LogP contribution in [0.1, 0.15) is 25.3 Å². The minimum Gasteiger partial charge on any atom is -0.412 e. The molecule has 2 aromatic rings. The number of benzene rings is 1. The number of anilines is 2. The number of carbonyl (C=O) groups is 1. The largest absolute Gasteiger partial charge is 0.419 e. The Morgan fingerprint density at radius 1 is 1.23 bits per heavy atom. The first-order valence-corrected chi connectivity index (χ1v) is 9.46. The van der Waals surface area contributed by atoms with Crippen molar-refractivity contribution in [1.82, 2.24) is 4.57 Å². The van der Waals surface area contributed by atoms with Crippen LogP contribution >= 0.6 is 0 Å². The van der Waals surface area contributed by atoms with Gasteiger partial charge in [0.15, 0.2) is 0 Å². The molecule has 1 amide bonds. The Hall–Kier alpha value is -2.81. The quantitative estimate of drug-likeness (QED) is 0.846. The Labute approximate surface area is 150 Å². The molecule has 0 radical (unpaired) electrons. The Morgan fingerprint density at radius 3 is 2.46 bits per heavy atom. The first-order valence-electron chi connectivity index (χ1n) is 7.98. The highest BCUT2D eigenvalue weighted by atomic mass is 32.2. The zero-order chi connectivity index (χ0) is 19.1. The van der Waals surface area contributed by atoms with E-state index in [1.165, 1.54) is 24.6 Å². The molecule has 0 saturated heterocycles. The molecule has 1 aliphatic carbocycles. The van der Waals surface area contributed by atoms with Crippen LogP contribution in [0.25, 0.3) is 6.08 Å². The SMILES string of the molecule is CC(=O)Nc1ccc(NS(=O)(=O)C2=Cc3c(oc(=O)n3C)CC2C)cc1. The molecule has 1 aliphatic rings. The molecule has 0 spiro atoms. The third-order valence-electron chi connectivity index (χ3n) is 4.16. The van der Waals surface area contributed by atoms with Crippen LogP contribution in [0, 0.1) is 5.92 Å². The van der Waals surface area contributed by atoms with Gasteiger partial charge in [0.05, 0.1) is 10.6 Å². The van der Waals surface area contributed by atoms with E-state index in [1.807, 2.05) is 0 Å². The Kier molecular flexibility index (Phi) is 4.49. The van der Waals surface area contributed by atoms with Gasteiger partial charge >= 0.3 is 5.76 Å². The molecule has 1 heterocycles. The molecule has 0 bridgehead atoms. The molecular formula is C17H19N3O5S. The van der Waals surface area contributed by atoms with E-state index in [-0.39, 0.29) is 16.7 Å². The summed E-state index contributed by atoms with van der Waals surface area (Å²) < 4.78 is 34.5. The van der Waals surface area contributed by atoms with Crippen LogP contribution in [0.5, 0.6) is 0 Å². The predicted octanol–water partition coefficient (Wildman–Crippen LogP) is 1.91. The lowest BCUT2D eigenvalue weighted by Crippen LogP contribution is -2.23. The van der Waals surface area contributed by atoms with Crippen LogP contribution in [0.15, 0.2) is 38.4 Å². The minimum absolute atomic E-state index is 0.187. The number of carbonyl (C=O) groups excluding carboxylic acids is 1. The number of fused-ring (bicyclic) bond motifs is 1. The van der Waals surface area contributed by atoms with Gasteiger partial charge in [0, 0.05) is 37.7 Å². The van der Waals surface area contributed by atoms with Crippen LogP contribution in [0.3, 0.4) is 0 Å². The molecule has 1 aromatic heterocycles. The average Bonchev–Trinajstić information content (AvgIpc) is 2.81. The topological polar surface area (TPSA) is 110 Å². The van der Waals surface area contributed by atoms with Gasteiger partial charge in [-0.2, -0.15) is 0 Å². The van der Waals surface area contributed by atoms with Crippen LogP contribution in [0.2, 0.25) is 0 Å². The molecule has 8 nitrogen and oxygen atoms in total. The third-order valence-corrected chi connectivity index (χ3v) is 5.80. The Bertz CT molecular complexity index is 1050. The number of allylic oxidation sites excluding steroid dienone is 1. The lowest BCUT2D eigenvalue weighted by Gasteiger charge is -2.20. The summed E-state index contributed by atoms with van der Waals surface area (Å²) in [6, 6.07) is 6.34. The molecule has 1 atom stereocenters. The summed E-state index contributed by atoms with van der Waals surface area (Å²) in [7, 11) is -2.27. The van der Waals surface area contributed by atoms with Gasteiger partial charge in [0.25, 0.3) is 10.0 Å². The fraction of sp³-hybridized carbons (Fsp3) is 0.294. The molecule has 2 N–H and O–H groups in total. The summed E-state index contributed by atoms with van der Waals surface area (Å²) in [5.74, 6) is -0.563. The van der Waals surface area contributed by atoms with Crippen LogP contribution in [0.4, 0.5) is 11.4 Å². The number of hydrogen-bond acceptors (Lipinski definition) is 5. The van der Waals surface area contributed by atoms with Crippen molar-refractivity contribution in [2.75, 3.05) is 10.0 Å². The first-order chi connectivity index (χ1) is 12.2. The average molecular weight is 377 g/mol. The van der Waals surface area contributed by atoms with Gasteiger partial charge < -0.3 is 9.73 Å². The van der Waals surface area contributed by atoms with Crippen molar-refractivity contribution in [2.45, 2.75) is 20.3 Å². The summed E-state index contributed by atoms with van der Waals surface area (Å²) in [5.41, 5.74) is 1.41. The summed E-state index contributed by atoms with van der Waals surface area (Å²) in [4.78, 5) is 22.9. The molecule has 1 aromatic carbocycles. The zero-order valence-electron chi connectivity index (χ0n) is 14.6. The maximum atomic E-state index is 12.8. The van der Waals surface area contributed by atoms with Crippen molar-refractivity contribution < 1.29 is 17.6 Å². The van der Waals surface area contributed by atoms with Crippen molar-refractivity contribution in [1.29, 1.82) is 0 Å². The third kappa shape index (κ3) is 3.43. The van der Waals surface area contributed by atoms with Crippen molar-refractivity contribution in [3.8, 4) is 0 Å². The number of aromatic nitrogens is 1. The van der Waals surface area contributed by atoms with Crippen molar-refractivity contribution in [2.24, 2.45) is 13.0 Å². The molecule has 26 heavy (non-hydrogen) atoms. The van der Waals surface area contributed by atoms with Gasteiger partial charge in [-0.05, 0) is 30.3 Å². The maximum absolute atomic E-state index is 12.8. The smallest absolute Gasteiger partial charge is 0.412 e. The number of nitrogens with one attached hydrogen (secondary N) is 2. The van der Waals surface area contributed by atoms with E-state index in [4.69, 9.17) is 4.42 Å². The zero-order valence-corrected chi connectivity index (χ0v) is 15.4. The van der Waals surface area contributed by atoms with Crippen molar-refractivity contribution in [3.05, 3.63) is 51.2 Å². The van der Waals surface area contributed by atoms with Gasteiger partial charge in [0.1, 0.15) is 5.76 Å². The van der Waals surface area contributed by atoms with E-state index in [9.17, 15) is 18.0 Å². The normalized spacial score (nSPS) is 16.6. The molecule has 3 rings (SSSR count). The molecule has 0 fully saturated rings. The predicted molar refractivity (Wildman–Crippen MR) is 98.1 cm³/mol. The second-order valence-electron chi connectivity index (χ2n) is 6.25. The summed E-state index contributed by atoms with van der Waals surface area (Å²) in [6.07, 6.45) is 1.81. The second kappa shape index (κ2) is 6.49. The fourth-order valence-corrected chi connectivity index (χ4v) is 4.32. The minimum atomic E-state index is -3.80. The van der Waals surface area contributed by atoms with Gasteiger partial charge in [-0.1, -0.05) is 6.92 Å². The van der Waals surface area contributed by atoms with Crippen LogP contribution in [-0.2, 0) is 28.3 Å². The summed E-state index contributed by atoms with van der Waals surface area (Å²) >= 11 is 0. The van der Waals surface area contributed by atoms with E-state index in [0.29, 0.717) is 29.2 Å². The number of rotatable bonds is 4. The van der Waals surface area contributed by atoms with Gasteiger partial charge in [-0.3, -0.25) is 14.1 Å². The lowest BCUT2D eigenvalue weighted by molar-refractivity contribution is -0.114. The van der Waals surface area contributed by atoms with Gasteiger partial charge in [-0.15, -0.1) is 0 Å². The first kappa shape index (κ1) is 18.0. The van der Waals surface area contributed by atoms with Crippen LogP contribution < -0.4 is 15.8 Å². The molecule has 138 valence electrons. The summed E-state index contributed by atoms with van der Waals surface area (Å²) in [6.45, 7) is 3.16. The van der Waals surface area contributed by atoms with Crippen molar-refractivity contribution in [3.63, 3.8) is 0 Å². The van der Waals surface area contributed by atoms with Crippen LogP contribution in [-0.4, -0.2) is 18.9 Å². The van der Waals surface area contributed by atoms with E-state index < -0.39 is 15.8 Å². The monoisotopic (exact) mass is 377 g/mol. The maximum Gasteiger partial charge on any atom is 0.419 e. The standard InChI is InChI=1S/C17H19N3O5S/c1-10-8-15-14(20(3)17(22)25-15)9-16(10)26(23,24)19-13-6-4-12(5-7-13)18-11(2)21/h4-7,9-10,19H,8H2,1-3H3,(H,18,21). The highest BCUT2D eigenvalue weighted by Gasteiger charge is 2.31. The number of oxazole rings is 1. The molecule has 0 aliphatic heterocycles. The fourth-order valence-electron chi connectivity index (χ4n) is 2.87. The molecule has 1 unspecified atom stereocenters. The second-order valence-corrected chi connectivity index (χ2v) is 7.93. The van der Waals surface area contributed by atoms with E-state index in [2.05, 4.69) is 10.0 Å². The van der Waals surface area contributed by atoms with Crippen molar-refractivity contribution >= 4 is 33.4 Å². The Morgan fingerprint density at radius 2 is 1.85 bits per heavy atom. The molecule has 9 heteroatoms. The number of amides is 1. The van der Waals surface area contributed by atoms with E-state index in [0.717, 1.165) is 0 Å². The van der Waals surface area contributed by atoms with Gasteiger partial charge in [-0.25, -0.2) is 13.2 Å². The highest BCUT2D eigenvalue weighted by molar-refractivity contribution is 7.96. The van der Waals surface area contributed by atoms with E-state index >= 15 is 0 Å². The Balaban J connectivity index is 1.89. The van der Waals surface area contributed by atoms with E-state index in [1.54, 1.807) is 31.2 Å². The highest BCUT2D eigenvalue weighted by Crippen LogP contribution is 2.32. The molecular weight excluding hydrogens is 358 g/mol.